The Bertz CT molecular complexity index is 236. The van der Waals surface area contributed by atoms with Crippen LogP contribution in [-0.2, 0) is 0 Å². The summed E-state index contributed by atoms with van der Waals surface area (Å²) < 4.78 is 0. The molecule has 13 heavy (non-hydrogen) atoms. The monoisotopic (exact) mass is 178 g/mol. The Kier molecular flexibility index (Phi) is 2.25. The summed E-state index contributed by atoms with van der Waals surface area (Å²) in [6, 6.07) is 0. The molecule has 1 saturated carbocycles. The van der Waals surface area contributed by atoms with E-state index in [4.69, 9.17) is 0 Å². The van der Waals surface area contributed by atoms with E-state index >= 15 is 0 Å². The summed E-state index contributed by atoms with van der Waals surface area (Å²) >= 11 is 0. The number of hydrogen-bond acceptors (Lipinski definition) is 0. The van der Waals surface area contributed by atoms with Gasteiger partial charge in [0.25, 0.3) is 0 Å². The molecular formula is C13H22. The molecule has 2 unspecified atom stereocenters. The highest BCUT2D eigenvalue weighted by molar-refractivity contribution is 5.18. The first-order valence-electron chi connectivity index (χ1n) is 5.77. The average molecular weight is 178 g/mol. The third-order valence-corrected chi connectivity index (χ3v) is 4.49. The van der Waals surface area contributed by atoms with Gasteiger partial charge in [-0.3, -0.25) is 0 Å². The normalized spacial score (nSPS) is 40.4. The third kappa shape index (κ3) is 1.56. The fourth-order valence-electron chi connectivity index (χ4n) is 3.35. The molecule has 2 rings (SSSR count). The van der Waals surface area contributed by atoms with Gasteiger partial charge in [-0.2, -0.15) is 0 Å². The lowest BCUT2D eigenvalue weighted by atomic mass is 9.60. The molecule has 2 aliphatic rings. The molecule has 0 N–H and O–H groups in total. The highest BCUT2D eigenvalue weighted by atomic mass is 14.4. The molecule has 0 bridgehead atoms. The van der Waals surface area contributed by atoms with Gasteiger partial charge in [0.05, 0.1) is 0 Å². The molecular weight excluding hydrogens is 156 g/mol. The first-order chi connectivity index (χ1) is 6.12. The van der Waals surface area contributed by atoms with E-state index in [1.807, 2.05) is 0 Å². The van der Waals surface area contributed by atoms with E-state index in [2.05, 4.69) is 20.8 Å². The topological polar surface area (TPSA) is 0 Å². The van der Waals surface area contributed by atoms with E-state index < -0.39 is 0 Å². The van der Waals surface area contributed by atoms with Crippen molar-refractivity contribution in [1.29, 1.82) is 0 Å². The van der Waals surface area contributed by atoms with Crippen LogP contribution in [0.25, 0.3) is 0 Å². The summed E-state index contributed by atoms with van der Waals surface area (Å²) in [6.45, 7) is 7.20. The number of allylic oxidation sites excluding steroid dienone is 2. The molecule has 0 nitrogen and oxygen atoms in total. The van der Waals surface area contributed by atoms with Crippen LogP contribution in [0.2, 0.25) is 0 Å². The van der Waals surface area contributed by atoms with Crippen LogP contribution in [0.1, 0.15) is 59.3 Å². The van der Waals surface area contributed by atoms with Gasteiger partial charge in [0.15, 0.2) is 0 Å². The van der Waals surface area contributed by atoms with Crippen LogP contribution in [-0.4, -0.2) is 0 Å². The molecule has 74 valence electrons. The zero-order chi connectivity index (χ0) is 9.47. The summed E-state index contributed by atoms with van der Waals surface area (Å²) in [5, 5.41) is 0. The van der Waals surface area contributed by atoms with Crippen LogP contribution in [0, 0.1) is 11.3 Å². The maximum Gasteiger partial charge on any atom is -0.0257 e. The molecule has 0 spiro atoms. The highest BCUT2D eigenvalue weighted by Gasteiger charge is 2.39. The second kappa shape index (κ2) is 3.15. The van der Waals surface area contributed by atoms with Crippen molar-refractivity contribution >= 4 is 0 Å². The van der Waals surface area contributed by atoms with E-state index in [-0.39, 0.29) is 0 Å². The van der Waals surface area contributed by atoms with Crippen LogP contribution in [0.15, 0.2) is 11.1 Å². The maximum atomic E-state index is 2.52. The Hall–Kier alpha value is -0.260. The predicted octanol–water partition coefficient (Wildman–Crippen LogP) is 4.31. The summed E-state index contributed by atoms with van der Waals surface area (Å²) in [4.78, 5) is 0. The first kappa shape index (κ1) is 9.30. The van der Waals surface area contributed by atoms with Crippen LogP contribution in [0.5, 0.6) is 0 Å². The van der Waals surface area contributed by atoms with Gasteiger partial charge in [-0.25, -0.2) is 0 Å². The lowest BCUT2D eigenvalue weighted by Crippen LogP contribution is -2.34. The van der Waals surface area contributed by atoms with E-state index in [1.165, 1.54) is 38.5 Å². The van der Waals surface area contributed by atoms with E-state index in [9.17, 15) is 0 Å². The second-order valence-electron chi connectivity index (χ2n) is 5.54. The average Bonchev–Trinajstić information content (AvgIpc) is 2.07. The highest BCUT2D eigenvalue weighted by Crippen LogP contribution is 2.51. The molecule has 0 aromatic heterocycles. The van der Waals surface area contributed by atoms with Crippen LogP contribution < -0.4 is 0 Å². The van der Waals surface area contributed by atoms with E-state index in [0.717, 1.165) is 5.92 Å². The van der Waals surface area contributed by atoms with Gasteiger partial charge < -0.3 is 0 Å². The van der Waals surface area contributed by atoms with Gasteiger partial charge in [-0.1, -0.05) is 30.9 Å². The Balaban J connectivity index is 2.22. The van der Waals surface area contributed by atoms with Gasteiger partial charge in [0.2, 0.25) is 0 Å². The van der Waals surface area contributed by atoms with Crippen molar-refractivity contribution in [1.82, 2.24) is 0 Å². The largest absolute Gasteiger partial charge is 0.0741 e. The van der Waals surface area contributed by atoms with Crippen molar-refractivity contribution in [2.75, 3.05) is 0 Å². The van der Waals surface area contributed by atoms with Crippen molar-refractivity contribution in [3.63, 3.8) is 0 Å². The molecule has 0 amide bonds. The molecule has 1 fully saturated rings. The van der Waals surface area contributed by atoms with Crippen molar-refractivity contribution in [2.45, 2.75) is 59.3 Å². The van der Waals surface area contributed by atoms with Crippen LogP contribution in [0.4, 0.5) is 0 Å². The molecule has 0 aliphatic heterocycles. The molecule has 2 atom stereocenters. The zero-order valence-electron chi connectivity index (χ0n) is 9.32. The van der Waals surface area contributed by atoms with Crippen molar-refractivity contribution in [3.05, 3.63) is 11.1 Å². The van der Waals surface area contributed by atoms with Gasteiger partial charge >= 0.3 is 0 Å². The summed E-state index contributed by atoms with van der Waals surface area (Å²) in [6.07, 6.45) is 8.68. The smallest absolute Gasteiger partial charge is 0.0257 e. The van der Waals surface area contributed by atoms with Crippen molar-refractivity contribution in [3.8, 4) is 0 Å². The lowest BCUT2D eigenvalue weighted by molar-refractivity contribution is 0.104. The molecule has 0 aromatic rings. The molecule has 2 aliphatic carbocycles. The van der Waals surface area contributed by atoms with Crippen LogP contribution >= 0.6 is 0 Å². The maximum absolute atomic E-state index is 2.52. The summed E-state index contributed by atoms with van der Waals surface area (Å²) in [5.41, 5.74) is 4.03. The van der Waals surface area contributed by atoms with Gasteiger partial charge in [0, 0.05) is 0 Å². The number of rotatable bonds is 0. The van der Waals surface area contributed by atoms with Crippen molar-refractivity contribution in [2.24, 2.45) is 11.3 Å². The predicted molar refractivity (Wildman–Crippen MR) is 57.7 cm³/mol. The molecule has 0 heteroatoms. The Morgan fingerprint density at radius 2 is 1.92 bits per heavy atom. The standard InChI is InChI=1S/C13H22/c1-10-8-12-6-4-5-7-13(12,3)9-11(10)2/h12H,4-9H2,1-3H3. The molecule has 0 heterocycles. The fourth-order valence-corrected chi connectivity index (χ4v) is 3.35. The van der Waals surface area contributed by atoms with Gasteiger partial charge in [-0.05, 0) is 50.9 Å². The molecule has 0 radical (unpaired) electrons. The Morgan fingerprint density at radius 3 is 2.69 bits per heavy atom. The second-order valence-corrected chi connectivity index (χ2v) is 5.54. The first-order valence-corrected chi connectivity index (χ1v) is 5.77. The molecule has 0 aromatic carbocycles. The van der Waals surface area contributed by atoms with Gasteiger partial charge in [-0.15, -0.1) is 0 Å². The Morgan fingerprint density at radius 1 is 1.15 bits per heavy atom. The molecule has 0 saturated heterocycles. The van der Waals surface area contributed by atoms with E-state index in [1.54, 1.807) is 11.1 Å². The number of fused-ring (bicyclic) bond motifs is 1. The SMILES string of the molecule is CC1=C(C)CC2(C)CCCCC2C1. The van der Waals surface area contributed by atoms with Crippen LogP contribution in [0.3, 0.4) is 0 Å². The minimum absolute atomic E-state index is 0.668. The zero-order valence-corrected chi connectivity index (χ0v) is 9.32. The lowest BCUT2D eigenvalue weighted by Gasteiger charge is -2.46. The van der Waals surface area contributed by atoms with Crippen molar-refractivity contribution < 1.29 is 0 Å². The summed E-state index contributed by atoms with van der Waals surface area (Å²) in [5.74, 6) is 1.00. The summed E-state index contributed by atoms with van der Waals surface area (Å²) in [7, 11) is 0. The Labute approximate surface area is 82.4 Å². The number of hydrogen-bond donors (Lipinski definition) is 0. The van der Waals surface area contributed by atoms with E-state index in [0.29, 0.717) is 5.41 Å². The minimum Gasteiger partial charge on any atom is -0.0741 e. The minimum atomic E-state index is 0.668. The van der Waals surface area contributed by atoms with Gasteiger partial charge in [0.1, 0.15) is 0 Å². The third-order valence-electron chi connectivity index (χ3n) is 4.49. The quantitative estimate of drug-likeness (QED) is 0.485. The fraction of sp³-hybridized carbons (Fsp3) is 0.846.